The van der Waals surface area contributed by atoms with Crippen molar-refractivity contribution in [1.29, 1.82) is 0 Å². The van der Waals surface area contributed by atoms with Crippen molar-refractivity contribution in [2.45, 2.75) is 37.6 Å². The Balaban J connectivity index is 1.94. The number of ether oxygens (including phenoxy) is 1. The van der Waals surface area contributed by atoms with Crippen molar-refractivity contribution in [2.75, 3.05) is 11.9 Å². The summed E-state index contributed by atoms with van der Waals surface area (Å²) in [6, 6.07) is 13.0. The molecule has 0 saturated heterocycles. The van der Waals surface area contributed by atoms with Crippen molar-refractivity contribution in [2.24, 2.45) is 0 Å². The highest BCUT2D eigenvalue weighted by atomic mass is 32.2. The zero-order chi connectivity index (χ0) is 20.6. The van der Waals surface area contributed by atoms with Crippen molar-refractivity contribution in [1.82, 2.24) is 4.72 Å². The number of unbranched alkanes of at least 4 members (excludes halogenated alkanes) is 1. The van der Waals surface area contributed by atoms with Crippen LogP contribution in [0.1, 0.15) is 37.0 Å². The second-order valence-electron chi connectivity index (χ2n) is 6.21. The molecule has 0 aliphatic heterocycles. The fraction of sp³-hybridized carbons (Fsp3) is 0.300. The lowest BCUT2D eigenvalue weighted by Gasteiger charge is -2.14. The normalized spacial score (nSPS) is 12.2. The number of hydrogen-bond donors (Lipinski definition) is 2. The minimum Gasteiger partial charge on any atom is -0.462 e. The van der Waals surface area contributed by atoms with E-state index in [1.807, 2.05) is 6.92 Å². The Hall–Kier alpha value is -2.71. The van der Waals surface area contributed by atoms with E-state index in [0.29, 0.717) is 17.9 Å². The molecule has 2 rings (SSSR count). The molecule has 0 radical (unpaired) electrons. The number of amides is 1. The molecule has 0 fully saturated rings. The predicted octanol–water partition coefficient (Wildman–Crippen LogP) is 2.95. The van der Waals surface area contributed by atoms with Gasteiger partial charge in [-0.25, -0.2) is 13.2 Å². The molecule has 0 aliphatic rings. The molecule has 2 aromatic rings. The summed E-state index contributed by atoms with van der Waals surface area (Å²) in [7, 11) is -3.80. The van der Waals surface area contributed by atoms with Gasteiger partial charge in [0.05, 0.1) is 23.1 Å². The number of esters is 1. The summed E-state index contributed by atoms with van der Waals surface area (Å²) in [5.74, 6) is -0.937. The van der Waals surface area contributed by atoms with E-state index in [1.165, 1.54) is 19.1 Å². The van der Waals surface area contributed by atoms with Crippen LogP contribution in [0, 0.1) is 0 Å². The van der Waals surface area contributed by atoms with E-state index in [4.69, 9.17) is 4.74 Å². The molecule has 7 nitrogen and oxygen atoms in total. The molecule has 150 valence electrons. The number of carbonyl (C=O) groups is 2. The van der Waals surface area contributed by atoms with Crippen molar-refractivity contribution in [3.8, 4) is 0 Å². The molecule has 0 aromatic heterocycles. The molecule has 0 spiro atoms. The lowest BCUT2D eigenvalue weighted by Crippen LogP contribution is -2.41. The molecular weight excluding hydrogens is 380 g/mol. The van der Waals surface area contributed by atoms with Crippen LogP contribution in [-0.4, -0.2) is 32.9 Å². The first-order chi connectivity index (χ1) is 13.3. The third-order valence-corrected chi connectivity index (χ3v) is 5.45. The van der Waals surface area contributed by atoms with Gasteiger partial charge in [0.1, 0.15) is 0 Å². The summed E-state index contributed by atoms with van der Waals surface area (Å²) < 4.78 is 32.0. The minimum atomic E-state index is -3.80. The first kappa shape index (κ1) is 21.6. The van der Waals surface area contributed by atoms with E-state index in [-0.39, 0.29) is 4.90 Å². The second-order valence-corrected chi connectivity index (χ2v) is 7.93. The fourth-order valence-corrected chi connectivity index (χ4v) is 3.51. The number of benzene rings is 2. The van der Waals surface area contributed by atoms with Crippen LogP contribution in [0.4, 0.5) is 5.69 Å². The maximum absolute atomic E-state index is 12.3. The highest BCUT2D eigenvalue weighted by molar-refractivity contribution is 7.89. The van der Waals surface area contributed by atoms with Crippen LogP contribution < -0.4 is 10.0 Å². The summed E-state index contributed by atoms with van der Waals surface area (Å²) in [5.41, 5.74) is 0.827. The van der Waals surface area contributed by atoms with E-state index in [2.05, 4.69) is 10.0 Å². The Labute approximate surface area is 165 Å². The molecule has 1 unspecified atom stereocenters. The van der Waals surface area contributed by atoms with Crippen molar-refractivity contribution >= 4 is 27.6 Å². The molecule has 2 N–H and O–H groups in total. The zero-order valence-electron chi connectivity index (χ0n) is 15.8. The highest BCUT2D eigenvalue weighted by Gasteiger charge is 2.22. The third-order valence-electron chi connectivity index (χ3n) is 3.90. The van der Waals surface area contributed by atoms with E-state index in [0.717, 1.165) is 12.8 Å². The topological polar surface area (TPSA) is 102 Å². The van der Waals surface area contributed by atoms with Crippen LogP contribution in [0.5, 0.6) is 0 Å². The first-order valence-corrected chi connectivity index (χ1v) is 10.5. The summed E-state index contributed by atoms with van der Waals surface area (Å²) in [5, 5.41) is 2.62. The standard InChI is InChI=1S/C20H24N2O5S/c1-3-4-14-27-20(24)16-10-12-17(13-11-16)21-19(23)15(2)22-28(25,26)18-8-6-5-7-9-18/h5-13,15,22H,3-4,14H2,1-2H3,(H,21,23). The van der Waals surface area contributed by atoms with E-state index in [9.17, 15) is 18.0 Å². The summed E-state index contributed by atoms with van der Waals surface area (Å²) >= 11 is 0. The Kier molecular flexibility index (Phi) is 7.71. The quantitative estimate of drug-likeness (QED) is 0.494. The van der Waals surface area contributed by atoms with Crippen molar-refractivity contribution in [3.05, 3.63) is 60.2 Å². The zero-order valence-corrected chi connectivity index (χ0v) is 16.7. The Morgan fingerprint density at radius 2 is 1.68 bits per heavy atom. The second kappa shape index (κ2) is 10.0. The molecule has 0 saturated carbocycles. The van der Waals surface area contributed by atoms with Gasteiger partial charge in [0.25, 0.3) is 0 Å². The first-order valence-electron chi connectivity index (χ1n) is 8.99. The third kappa shape index (κ3) is 6.17. The average Bonchev–Trinajstić information content (AvgIpc) is 2.69. The lowest BCUT2D eigenvalue weighted by molar-refractivity contribution is -0.117. The van der Waals surface area contributed by atoms with Gasteiger partial charge in [0.15, 0.2) is 0 Å². The van der Waals surface area contributed by atoms with Crippen LogP contribution >= 0.6 is 0 Å². The number of rotatable bonds is 9. The predicted molar refractivity (Wildman–Crippen MR) is 106 cm³/mol. The minimum absolute atomic E-state index is 0.0839. The molecule has 0 bridgehead atoms. The summed E-state index contributed by atoms with van der Waals surface area (Å²) in [4.78, 5) is 24.2. The summed E-state index contributed by atoms with van der Waals surface area (Å²) in [6.45, 7) is 3.83. The van der Waals surface area contributed by atoms with Crippen LogP contribution in [0.15, 0.2) is 59.5 Å². The van der Waals surface area contributed by atoms with Gasteiger partial charge < -0.3 is 10.1 Å². The largest absolute Gasteiger partial charge is 0.462 e. The molecule has 1 amide bonds. The van der Waals surface area contributed by atoms with Crippen LogP contribution in [0.25, 0.3) is 0 Å². The van der Waals surface area contributed by atoms with Gasteiger partial charge in [0.2, 0.25) is 15.9 Å². The molecule has 28 heavy (non-hydrogen) atoms. The van der Waals surface area contributed by atoms with E-state index >= 15 is 0 Å². The van der Waals surface area contributed by atoms with Gasteiger partial charge in [-0.05, 0) is 49.7 Å². The van der Waals surface area contributed by atoms with Gasteiger partial charge in [-0.15, -0.1) is 0 Å². The summed E-state index contributed by atoms with van der Waals surface area (Å²) in [6.07, 6.45) is 1.74. The number of carbonyl (C=O) groups excluding carboxylic acids is 2. The molecular formula is C20H24N2O5S. The van der Waals surface area contributed by atoms with Crippen LogP contribution in [0.2, 0.25) is 0 Å². The van der Waals surface area contributed by atoms with Crippen LogP contribution in [0.3, 0.4) is 0 Å². The van der Waals surface area contributed by atoms with Crippen molar-refractivity contribution in [3.63, 3.8) is 0 Å². The van der Waals surface area contributed by atoms with Crippen LogP contribution in [-0.2, 0) is 19.6 Å². The van der Waals surface area contributed by atoms with E-state index < -0.39 is 27.9 Å². The van der Waals surface area contributed by atoms with Gasteiger partial charge in [-0.3, -0.25) is 4.79 Å². The number of sulfonamides is 1. The monoisotopic (exact) mass is 404 g/mol. The Morgan fingerprint density at radius 3 is 2.29 bits per heavy atom. The molecule has 8 heteroatoms. The maximum Gasteiger partial charge on any atom is 0.338 e. The number of hydrogen-bond acceptors (Lipinski definition) is 5. The smallest absolute Gasteiger partial charge is 0.338 e. The SMILES string of the molecule is CCCCOC(=O)c1ccc(NC(=O)C(C)NS(=O)(=O)c2ccccc2)cc1. The highest BCUT2D eigenvalue weighted by Crippen LogP contribution is 2.12. The number of anilines is 1. The van der Waals surface area contributed by atoms with Gasteiger partial charge in [-0.1, -0.05) is 31.5 Å². The maximum atomic E-state index is 12.3. The van der Waals surface area contributed by atoms with Gasteiger partial charge in [0, 0.05) is 5.69 Å². The fourth-order valence-electron chi connectivity index (χ4n) is 2.29. The van der Waals surface area contributed by atoms with Gasteiger partial charge >= 0.3 is 5.97 Å². The molecule has 2 aromatic carbocycles. The molecule has 1 atom stereocenters. The molecule has 0 aliphatic carbocycles. The Bertz CT molecular complexity index is 896. The van der Waals surface area contributed by atoms with E-state index in [1.54, 1.807) is 42.5 Å². The Morgan fingerprint density at radius 1 is 1.04 bits per heavy atom. The number of nitrogens with one attached hydrogen (secondary N) is 2. The van der Waals surface area contributed by atoms with Crippen molar-refractivity contribution < 1.29 is 22.7 Å². The molecule has 0 heterocycles. The average molecular weight is 404 g/mol. The lowest BCUT2D eigenvalue weighted by atomic mass is 10.2. The van der Waals surface area contributed by atoms with Gasteiger partial charge in [-0.2, -0.15) is 4.72 Å².